The summed E-state index contributed by atoms with van der Waals surface area (Å²) in [5.41, 5.74) is 14.0. The van der Waals surface area contributed by atoms with Gasteiger partial charge < -0.3 is 20.3 Å². The Labute approximate surface area is 204 Å². The molecule has 3 aliphatic heterocycles. The number of ether oxygens (including phenoxy) is 1. The van der Waals surface area contributed by atoms with Crippen LogP contribution in [0.4, 0.5) is 0 Å². The van der Waals surface area contributed by atoms with Crippen LogP contribution < -0.4 is 21.3 Å². The van der Waals surface area contributed by atoms with Crippen molar-refractivity contribution in [1.82, 2.24) is 20.7 Å². The number of carbonyl (C=O) groups excluding carboxylic acids is 2. The van der Waals surface area contributed by atoms with Crippen LogP contribution in [0.25, 0.3) is 5.57 Å². The fourth-order valence-electron chi connectivity index (χ4n) is 5.23. The highest BCUT2D eigenvalue weighted by atomic mass is 16.5. The summed E-state index contributed by atoms with van der Waals surface area (Å²) >= 11 is 0. The molecule has 5 rings (SSSR count). The number of benzene rings is 2. The molecule has 0 bridgehead atoms. The first-order valence-corrected chi connectivity index (χ1v) is 11.8. The van der Waals surface area contributed by atoms with Gasteiger partial charge in [-0.3, -0.25) is 15.0 Å². The number of hydrazine groups is 1. The number of nitriles is 1. The number of amides is 2. The Hall–Kier alpha value is -3.87. The first-order chi connectivity index (χ1) is 17.0. The molecule has 0 saturated carbocycles. The van der Waals surface area contributed by atoms with E-state index < -0.39 is 12.2 Å². The SMILES string of the molecule is N#CCC(=O)N1CCC[C@@H](N2C=C(c3ccc(Oc4ccccc4)cc3)C3C(N)NNC(=O)C32)C1. The lowest BCUT2D eigenvalue weighted by atomic mass is 9.86. The Bertz CT molecular complexity index is 1160. The first-order valence-electron chi connectivity index (χ1n) is 11.8. The summed E-state index contributed by atoms with van der Waals surface area (Å²) in [5, 5.41) is 8.93. The Kier molecular flexibility index (Phi) is 6.40. The zero-order chi connectivity index (χ0) is 24.4. The molecule has 4 atom stereocenters. The Morgan fingerprint density at radius 1 is 1.14 bits per heavy atom. The van der Waals surface area contributed by atoms with E-state index in [1.165, 1.54) is 0 Å². The number of para-hydroxylation sites is 1. The average molecular weight is 473 g/mol. The number of nitrogens with one attached hydrogen (secondary N) is 2. The molecule has 0 aromatic heterocycles. The van der Waals surface area contributed by atoms with Crippen LogP contribution in [-0.2, 0) is 9.59 Å². The second-order valence-corrected chi connectivity index (χ2v) is 9.07. The maximum absolute atomic E-state index is 13.0. The maximum atomic E-state index is 13.0. The normalized spacial score (nSPS) is 25.8. The van der Waals surface area contributed by atoms with Crippen LogP contribution in [-0.4, -0.2) is 53.0 Å². The first kappa shape index (κ1) is 22.9. The number of hydrogen-bond acceptors (Lipinski definition) is 7. The van der Waals surface area contributed by atoms with Crippen molar-refractivity contribution in [3.63, 3.8) is 0 Å². The minimum atomic E-state index is -0.475. The van der Waals surface area contributed by atoms with Crippen LogP contribution in [0.1, 0.15) is 24.8 Å². The van der Waals surface area contributed by atoms with E-state index in [4.69, 9.17) is 15.7 Å². The van der Waals surface area contributed by atoms with Gasteiger partial charge in [0, 0.05) is 31.2 Å². The number of fused-ring (bicyclic) bond motifs is 1. The quantitative estimate of drug-likeness (QED) is 0.608. The predicted molar refractivity (Wildman–Crippen MR) is 129 cm³/mol. The molecule has 2 saturated heterocycles. The summed E-state index contributed by atoms with van der Waals surface area (Å²) in [6, 6.07) is 18.8. The van der Waals surface area contributed by atoms with Gasteiger partial charge in [-0.1, -0.05) is 30.3 Å². The second-order valence-electron chi connectivity index (χ2n) is 9.07. The summed E-state index contributed by atoms with van der Waals surface area (Å²) < 4.78 is 5.92. The van der Waals surface area contributed by atoms with Crippen molar-refractivity contribution < 1.29 is 14.3 Å². The molecule has 4 N–H and O–H groups in total. The second kappa shape index (κ2) is 9.78. The number of carbonyl (C=O) groups is 2. The highest BCUT2D eigenvalue weighted by Gasteiger charge is 2.49. The van der Waals surface area contributed by atoms with Crippen molar-refractivity contribution in [2.24, 2.45) is 11.7 Å². The third-order valence-corrected chi connectivity index (χ3v) is 6.89. The summed E-state index contributed by atoms with van der Waals surface area (Å²) in [7, 11) is 0. The lowest BCUT2D eigenvalue weighted by molar-refractivity contribution is -0.134. The molecule has 2 aromatic carbocycles. The van der Waals surface area contributed by atoms with Gasteiger partial charge in [-0.05, 0) is 48.2 Å². The van der Waals surface area contributed by atoms with Gasteiger partial charge in [0.05, 0.1) is 12.2 Å². The summed E-state index contributed by atoms with van der Waals surface area (Å²) in [6.07, 6.45) is 3.10. The molecule has 3 heterocycles. The number of nitrogens with zero attached hydrogens (tertiary/aromatic N) is 3. The number of hydrogen-bond donors (Lipinski definition) is 3. The molecule has 3 unspecified atom stereocenters. The number of nitrogens with two attached hydrogens (primary N) is 1. The van der Waals surface area contributed by atoms with E-state index in [-0.39, 0.29) is 30.2 Å². The van der Waals surface area contributed by atoms with E-state index in [2.05, 4.69) is 15.8 Å². The molecule has 35 heavy (non-hydrogen) atoms. The molecule has 3 aliphatic rings. The average Bonchev–Trinajstić information content (AvgIpc) is 3.30. The van der Waals surface area contributed by atoms with Crippen molar-refractivity contribution >= 4 is 17.4 Å². The lowest BCUT2D eigenvalue weighted by Gasteiger charge is -2.43. The van der Waals surface area contributed by atoms with Gasteiger partial charge in [0.15, 0.2) is 0 Å². The summed E-state index contributed by atoms with van der Waals surface area (Å²) in [5.74, 6) is 0.907. The van der Waals surface area contributed by atoms with Crippen LogP contribution in [0.15, 0.2) is 60.8 Å². The number of rotatable bonds is 5. The van der Waals surface area contributed by atoms with Gasteiger partial charge in [0.25, 0.3) is 5.91 Å². The van der Waals surface area contributed by atoms with Crippen LogP contribution in [0, 0.1) is 17.2 Å². The lowest BCUT2D eigenvalue weighted by Crippen LogP contribution is -2.67. The molecular weight excluding hydrogens is 444 g/mol. The number of likely N-dealkylation sites (tertiary alicyclic amines) is 1. The molecule has 0 radical (unpaired) electrons. The summed E-state index contributed by atoms with van der Waals surface area (Å²) in [4.78, 5) is 29.1. The number of piperidine rings is 1. The Morgan fingerprint density at radius 3 is 2.63 bits per heavy atom. The molecular formula is C26H28N6O3. The smallest absolute Gasteiger partial charge is 0.257 e. The molecule has 9 nitrogen and oxygen atoms in total. The van der Waals surface area contributed by atoms with E-state index in [1.54, 1.807) is 4.90 Å². The third-order valence-electron chi connectivity index (χ3n) is 6.89. The third kappa shape index (κ3) is 4.58. The molecule has 2 aromatic rings. The van der Waals surface area contributed by atoms with E-state index in [0.717, 1.165) is 35.5 Å². The van der Waals surface area contributed by atoms with Gasteiger partial charge in [-0.2, -0.15) is 5.26 Å². The Morgan fingerprint density at radius 2 is 1.89 bits per heavy atom. The van der Waals surface area contributed by atoms with Gasteiger partial charge in [0.2, 0.25) is 5.91 Å². The van der Waals surface area contributed by atoms with Crippen molar-refractivity contribution in [2.75, 3.05) is 13.1 Å². The van der Waals surface area contributed by atoms with E-state index in [9.17, 15) is 9.59 Å². The van der Waals surface area contributed by atoms with Crippen molar-refractivity contribution in [2.45, 2.75) is 37.5 Å². The van der Waals surface area contributed by atoms with Crippen molar-refractivity contribution in [3.05, 3.63) is 66.4 Å². The molecule has 2 fully saturated rings. The largest absolute Gasteiger partial charge is 0.457 e. The van der Waals surface area contributed by atoms with Crippen LogP contribution in [0.2, 0.25) is 0 Å². The van der Waals surface area contributed by atoms with E-state index >= 15 is 0 Å². The molecule has 180 valence electrons. The minimum absolute atomic E-state index is 0.0341. The molecule has 2 amide bonds. The highest BCUT2D eigenvalue weighted by Crippen LogP contribution is 2.41. The molecule has 9 heteroatoms. The standard InChI is InChI=1S/C26H28N6O3/c27-13-12-22(33)31-14-4-5-18(15-31)32-16-21(23-24(32)26(34)30-29-25(23)28)17-8-10-20(11-9-17)35-19-6-2-1-3-7-19/h1-3,6-11,16,18,23-25,29H,4-5,12,14-15,28H2,(H,30,34)/t18-,23?,24?,25?/m1/s1. The maximum Gasteiger partial charge on any atom is 0.257 e. The van der Waals surface area contributed by atoms with Crippen LogP contribution >= 0.6 is 0 Å². The Balaban J connectivity index is 1.41. The predicted octanol–water partition coefficient (Wildman–Crippen LogP) is 1.94. The zero-order valence-corrected chi connectivity index (χ0v) is 19.3. The van der Waals surface area contributed by atoms with Gasteiger partial charge in [-0.15, -0.1) is 0 Å². The molecule has 0 aliphatic carbocycles. The monoisotopic (exact) mass is 472 g/mol. The van der Waals surface area contributed by atoms with Crippen molar-refractivity contribution in [3.8, 4) is 17.6 Å². The summed E-state index contributed by atoms with van der Waals surface area (Å²) in [6.45, 7) is 1.11. The van der Waals surface area contributed by atoms with Crippen LogP contribution in [0.3, 0.4) is 0 Å². The fourth-order valence-corrected chi connectivity index (χ4v) is 5.23. The van der Waals surface area contributed by atoms with Gasteiger partial charge in [-0.25, -0.2) is 5.43 Å². The topological polar surface area (TPSA) is 124 Å². The van der Waals surface area contributed by atoms with Gasteiger partial charge in [0.1, 0.15) is 24.0 Å². The minimum Gasteiger partial charge on any atom is -0.457 e. The van der Waals surface area contributed by atoms with Crippen LogP contribution in [0.5, 0.6) is 11.5 Å². The van der Waals surface area contributed by atoms with E-state index in [1.807, 2.05) is 66.9 Å². The zero-order valence-electron chi connectivity index (χ0n) is 19.3. The fraction of sp³-hybridized carbons (Fsp3) is 0.346. The highest BCUT2D eigenvalue weighted by molar-refractivity contribution is 5.89. The van der Waals surface area contributed by atoms with Gasteiger partial charge >= 0.3 is 0 Å². The van der Waals surface area contributed by atoms with Crippen molar-refractivity contribution in [1.29, 1.82) is 5.26 Å². The van der Waals surface area contributed by atoms with E-state index in [0.29, 0.717) is 13.1 Å². The molecule has 0 spiro atoms.